The highest BCUT2D eigenvalue weighted by Gasteiger charge is 2.34. The van der Waals surface area contributed by atoms with E-state index in [0.29, 0.717) is 6.42 Å². The van der Waals surface area contributed by atoms with Crippen molar-refractivity contribution in [1.29, 1.82) is 0 Å². The van der Waals surface area contributed by atoms with Crippen molar-refractivity contribution in [2.45, 2.75) is 26.7 Å². The maximum Gasteiger partial charge on any atom is 0.311 e. The molecule has 0 rings (SSSR count). The highest BCUT2D eigenvalue weighted by molar-refractivity contribution is 8.55. The Morgan fingerprint density at radius 3 is 2.00 bits per heavy atom. The first-order valence-corrected chi connectivity index (χ1v) is 7.92. The second-order valence-corrected chi connectivity index (χ2v) is 10.4. The van der Waals surface area contributed by atoms with Gasteiger partial charge in [0, 0.05) is 13.3 Å². The van der Waals surface area contributed by atoms with E-state index < -0.39 is 9.44 Å². The first-order valence-electron chi connectivity index (χ1n) is 4.42. The van der Waals surface area contributed by atoms with E-state index in [1.807, 2.05) is 6.92 Å². The minimum Gasteiger partial charge on any atom is -0.430 e. The van der Waals surface area contributed by atoms with E-state index in [4.69, 9.17) is 4.18 Å². The van der Waals surface area contributed by atoms with E-state index in [1.165, 1.54) is 6.92 Å². The van der Waals surface area contributed by atoms with E-state index in [0.717, 1.165) is 6.42 Å². The minimum atomic E-state index is -2.85. The van der Waals surface area contributed by atoms with E-state index in [2.05, 4.69) is 0 Å². The molecular weight excluding hydrogens is 188 g/mol. The fourth-order valence-corrected chi connectivity index (χ4v) is 3.08. The predicted octanol–water partition coefficient (Wildman–Crippen LogP) is 1.75. The SMILES string of the molecule is CCCC(=O)[SH](C)(C)(C)OC(C)=O. The fraction of sp³-hybridized carbons (Fsp3) is 0.778. The second-order valence-electron chi connectivity index (χ2n) is 4.38. The summed E-state index contributed by atoms with van der Waals surface area (Å²) in [4.78, 5) is 22.5. The summed E-state index contributed by atoms with van der Waals surface area (Å²) < 4.78 is 5.18. The molecule has 13 heavy (non-hydrogen) atoms. The average molecular weight is 208 g/mol. The van der Waals surface area contributed by atoms with Crippen molar-refractivity contribution in [3.8, 4) is 0 Å². The fourth-order valence-electron chi connectivity index (χ4n) is 1.10. The normalized spacial score (nSPS) is 14.4. The van der Waals surface area contributed by atoms with Gasteiger partial charge in [-0.15, -0.1) is 9.44 Å². The number of hydrogen-bond donors (Lipinski definition) is 1. The molecule has 0 spiro atoms. The number of carbonyl (C=O) groups is 2. The Morgan fingerprint density at radius 1 is 1.23 bits per heavy atom. The van der Waals surface area contributed by atoms with Crippen molar-refractivity contribution < 1.29 is 13.8 Å². The Labute approximate surface area is 80.3 Å². The van der Waals surface area contributed by atoms with Gasteiger partial charge in [0.05, 0.1) is 0 Å². The third kappa shape index (κ3) is 3.81. The van der Waals surface area contributed by atoms with E-state index in [1.54, 1.807) is 18.8 Å². The summed E-state index contributed by atoms with van der Waals surface area (Å²) in [7, 11) is -2.85. The van der Waals surface area contributed by atoms with Crippen LogP contribution in [0, 0.1) is 0 Å². The molecule has 4 heteroatoms. The van der Waals surface area contributed by atoms with Gasteiger partial charge in [-0.1, -0.05) is 6.92 Å². The molecule has 0 aromatic heterocycles. The van der Waals surface area contributed by atoms with Crippen LogP contribution in [0.5, 0.6) is 0 Å². The summed E-state index contributed by atoms with van der Waals surface area (Å²) in [5.74, 6) is -0.366. The monoisotopic (exact) mass is 208 g/mol. The maximum absolute atomic E-state index is 11.7. The van der Waals surface area contributed by atoms with Crippen LogP contribution in [-0.2, 0) is 13.8 Å². The molecule has 0 radical (unpaired) electrons. The average Bonchev–Trinajstić information content (AvgIpc) is 1.83. The highest BCUT2D eigenvalue weighted by Crippen LogP contribution is 2.62. The molecule has 80 valence electrons. The molecule has 0 bridgehead atoms. The lowest BCUT2D eigenvalue weighted by Crippen LogP contribution is -2.28. The molecule has 0 aliphatic heterocycles. The summed E-state index contributed by atoms with van der Waals surface area (Å²) in [6, 6.07) is 0. The number of hydrogen-bond acceptors (Lipinski definition) is 3. The van der Waals surface area contributed by atoms with Gasteiger partial charge >= 0.3 is 5.97 Å². The molecule has 0 heterocycles. The predicted molar refractivity (Wildman–Crippen MR) is 58.4 cm³/mol. The van der Waals surface area contributed by atoms with Gasteiger partial charge in [-0.25, -0.2) is 0 Å². The Bertz CT molecular complexity index is 225. The van der Waals surface area contributed by atoms with Gasteiger partial charge in [-0.2, -0.15) is 0 Å². The van der Waals surface area contributed by atoms with Gasteiger partial charge in [0.1, 0.15) is 0 Å². The highest BCUT2D eigenvalue weighted by atomic mass is 32.3. The summed E-state index contributed by atoms with van der Waals surface area (Å²) in [5, 5.41) is 0.0868. The van der Waals surface area contributed by atoms with Gasteiger partial charge < -0.3 is 4.18 Å². The molecule has 0 saturated carbocycles. The lowest BCUT2D eigenvalue weighted by molar-refractivity contribution is -0.132. The third-order valence-corrected chi connectivity index (χ3v) is 4.58. The molecule has 0 saturated heterocycles. The van der Waals surface area contributed by atoms with Crippen LogP contribution in [0.4, 0.5) is 0 Å². The van der Waals surface area contributed by atoms with Crippen LogP contribution in [0.25, 0.3) is 0 Å². The first kappa shape index (κ1) is 12.5. The van der Waals surface area contributed by atoms with Crippen LogP contribution in [0.1, 0.15) is 26.7 Å². The number of carbonyl (C=O) groups excluding carboxylic acids is 2. The number of thiol groups is 1. The van der Waals surface area contributed by atoms with Crippen LogP contribution in [0.2, 0.25) is 0 Å². The molecule has 0 unspecified atom stereocenters. The molecule has 0 aliphatic rings. The van der Waals surface area contributed by atoms with E-state index >= 15 is 0 Å². The zero-order chi connectivity index (χ0) is 10.7. The van der Waals surface area contributed by atoms with Crippen LogP contribution in [-0.4, -0.2) is 29.9 Å². The molecular formula is C9H20O3S. The smallest absolute Gasteiger partial charge is 0.311 e. The Hall–Kier alpha value is -0.510. The van der Waals surface area contributed by atoms with Crippen LogP contribution in [0.3, 0.4) is 0 Å². The van der Waals surface area contributed by atoms with E-state index in [-0.39, 0.29) is 11.1 Å². The molecule has 0 fully saturated rings. The van der Waals surface area contributed by atoms with Crippen molar-refractivity contribution in [3.63, 3.8) is 0 Å². The molecule has 0 atom stereocenters. The molecule has 3 nitrogen and oxygen atoms in total. The van der Waals surface area contributed by atoms with Gasteiger partial charge in [-0.3, -0.25) is 9.59 Å². The van der Waals surface area contributed by atoms with Gasteiger partial charge in [0.2, 0.25) is 0 Å². The lowest BCUT2D eigenvalue weighted by atomic mass is 10.4. The largest absolute Gasteiger partial charge is 0.430 e. The Balaban J connectivity index is 4.66. The van der Waals surface area contributed by atoms with Crippen LogP contribution >= 0.6 is 9.44 Å². The van der Waals surface area contributed by atoms with Gasteiger partial charge in [0.15, 0.2) is 5.12 Å². The Kier molecular flexibility index (Phi) is 3.55. The second kappa shape index (κ2) is 3.70. The quantitative estimate of drug-likeness (QED) is 0.703. The lowest BCUT2D eigenvalue weighted by Gasteiger charge is -2.49. The van der Waals surface area contributed by atoms with Crippen molar-refractivity contribution in [2.24, 2.45) is 0 Å². The minimum absolute atomic E-state index is 0.0868. The molecule has 0 aliphatic carbocycles. The number of rotatable bonds is 2. The summed E-state index contributed by atoms with van der Waals surface area (Å²) in [6.07, 6.45) is 6.60. The molecule has 0 aromatic carbocycles. The summed E-state index contributed by atoms with van der Waals surface area (Å²) in [6.45, 7) is 3.29. The molecule has 0 amide bonds. The van der Waals surface area contributed by atoms with Gasteiger partial charge in [-0.05, 0) is 25.2 Å². The Morgan fingerprint density at radius 2 is 1.69 bits per heavy atom. The molecule has 0 N–H and O–H groups in total. The van der Waals surface area contributed by atoms with Crippen molar-refractivity contribution in [3.05, 3.63) is 0 Å². The van der Waals surface area contributed by atoms with Crippen molar-refractivity contribution in [1.82, 2.24) is 0 Å². The summed E-state index contributed by atoms with van der Waals surface area (Å²) >= 11 is 0. The zero-order valence-electron chi connectivity index (χ0n) is 9.09. The van der Waals surface area contributed by atoms with E-state index in [9.17, 15) is 9.59 Å². The van der Waals surface area contributed by atoms with Crippen LogP contribution < -0.4 is 0 Å². The first-order chi connectivity index (χ1) is 5.67. The van der Waals surface area contributed by atoms with Gasteiger partial charge in [0.25, 0.3) is 0 Å². The maximum atomic E-state index is 11.7. The zero-order valence-corrected chi connectivity index (χ0v) is 9.98. The van der Waals surface area contributed by atoms with Crippen molar-refractivity contribution in [2.75, 3.05) is 18.8 Å². The third-order valence-electron chi connectivity index (χ3n) is 1.76. The standard InChI is InChI=1S/C9H20O3S/c1-6-7-9(11)13(3,4,5)12-8(2)10/h13H,6-7H2,1-5H3. The molecule has 0 aromatic rings. The van der Waals surface area contributed by atoms with Crippen molar-refractivity contribution >= 4 is 20.5 Å². The van der Waals surface area contributed by atoms with Crippen LogP contribution in [0.15, 0.2) is 0 Å². The topological polar surface area (TPSA) is 43.4 Å². The summed E-state index contributed by atoms with van der Waals surface area (Å²) in [5.41, 5.74) is 0.